The molecule has 0 spiro atoms. The van der Waals surface area contributed by atoms with Crippen LogP contribution >= 0.6 is 23.2 Å². The number of benzene rings is 1. The number of aromatic hydroxyl groups is 1. The van der Waals surface area contributed by atoms with E-state index in [2.05, 4.69) is 10.5 Å². The molecule has 0 aliphatic carbocycles. The van der Waals surface area contributed by atoms with E-state index in [1.165, 1.54) is 6.07 Å². The molecule has 2 rings (SSSR count). The van der Waals surface area contributed by atoms with E-state index < -0.39 is 17.1 Å². The van der Waals surface area contributed by atoms with Crippen LogP contribution in [-0.4, -0.2) is 21.3 Å². The molecular formula is C11H8Cl2N4O3. The van der Waals surface area contributed by atoms with E-state index in [1.807, 2.05) is 9.97 Å². The third-order valence-electron chi connectivity index (χ3n) is 2.27. The molecule has 0 amide bonds. The molecule has 7 nitrogen and oxygen atoms in total. The fraction of sp³-hybridized carbons (Fsp3) is 0. The van der Waals surface area contributed by atoms with Crippen LogP contribution in [0.15, 0.2) is 32.9 Å². The summed E-state index contributed by atoms with van der Waals surface area (Å²) in [5.41, 5.74) is 1.22. The number of hydrogen-bond donors (Lipinski definition) is 4. The highest BCUT2D eigenvalue weighted by atomic mass is 35.5. The lowest BCUT2D eigenvalue weighted by Gasteiger charge is -2.03. The van der Waals surface area contributed by atoms with Crippen LogP contribution < -0.4 is 16.7 Å². The van der Waals surface area contributed by atoms with Gasteiger partial charge in [0.1, 0.15) is 5.56 Å². The Morgan fingerprint density at radius 1 is 1.25 bits per heavy atom. The van der Waals surface area contributed by atoms with Gasteiger partial charge in [-0.3, -0.25) is 20.2 Å². The normalized spacial score (nSPS) is 10.9. The summed E-state index contributed by atoms with van der Waals surface area (Å²) in [4.78, 5) is 26.3. The van der Waals surface area contributed by atoms with Crippen molar-refractivity contribution in [2.24, 2.45) is 5.10 Å². The van der Waals surface area contributed by atoms with Crippen LogP contribution in [0.4, 0.5) is 5.69 Å². The fourth-order valence-corrected chi connectivity index (χ4v) is 1.69. The summed E-state index contributed by atoms with van der Waals surface area (Å²) in [5.74, 6) is -0.582. The lowest BCUT2D eigenvalue weighted by atomic mass is 10.3. The van der Waals surface area contributed by atoms with Gasteiger partial charge in [-0.1, -0.05) is 23.2 Å². The minimum absolute atomic E-state index is 0.199. The average Bonchev–Trinajstić information content (AvgIpc) is 2.36. The Labute approximate surface area is 121 Å². The first-order valence-corrected chi connectivity index (χ1v) is 6.02. The first-order valence-electron chi connectivity index (χ1n) is 5.27. The molecule has 9 heteroatoms. The van der Waals surface area contributed by atoms with Crippen molar-refractivity contribution in [2.75, 3.05) is 5.43 Å². The van der Waals surface area contributed by atoms with Gasteiger partial charge >= 0.3 is 5.69 Å². The van der Waals surface area contributed by atoms with E-state index in [4.69, 9.17) is 23.2 Å². The molecule has 0 bridgehead atoms. The molecule has 1 aromatic carbocycles. The molecule has 1 aromatic heterocycles. The number of halogens is 2. The number of aromatic nitrogens is 2. The van der Waals surface area contributed by atoms with Crippen LogP contribution in [0.1, 0.15) is 5.56 Å². The Morgan fingerprint density at radius 2 is 2.00 bits per heavy atom. The second-order valence-electron chi connectivity index (χ2n) is 3.66. The van der Waals surface area contributed by atoms with Crippen LogP contribution in [-0.2, 0) is 0 Å². The monoisotopic (exact) mass is 314 g/mol. The average molecular weight is 315 g/mol. The molecule has 0 atom stereocenters. The van der Waals surface area contributed by atoms with Crippen LogP contribution in [0.5, 0.6) is 5.88 Å². The summed E-state index contributed by atoms with van der Waals surface area (Å²) in [6, 6.07) is 4.72. The van der Waals surface area contributed by atoms with Crippen molar-refractivity contribution < 1.29 is 5.11 Å². The zero-order chi connectivity index (χ0) is 14.7. The van der Waals surface area contributed by atoms with E-state index >= 15 is 0 Å². The lowest BCUT2D eigenvalue weighted by molar-refractivity contribution is 0.447. The molecule has 0 saturated carbocycles. The third kappa shape index (κ3) is 3.19. The first kappa shape index (κ1) is 14.2. The van der Waals surface area contributed by atoms with Gasteiger partial charge in [0, 0.05) is 5.02 Å². The molecule has 0 saturated heterocycles. The Hall–Kier alpha value is -2.25. The van der Waals surface area contributed by atoms with E-state index in [1.54, 1.807) is 12.1 Å². The molecule has 0 radical (unpaired) electrons. The van der Waals surface area contributed by atoms with Crippen LogP contribution in [0, 0.1) is 0 Å². The smallest absolute Gasteiger partial charge is 0.328 e. The van der Waals surface area contributed by atoms with Gasteiger partial charge < -0.3 is 5.11 Å². The number of hydrogen-bond acceptors (Lipinski definition) is 5. The zero-order valence-electron chi connectivity index (χ0n) is 9.78. The standard InChI is InChI=1S/C11H8Cl2N4O3/c12-5-1-2-7(13)8(3-5)17-14-4-6-9(18)15-11(20)16-10(6)19/h1-4,17H,(H3,15,16,18,19,20)/b14-4-. The number of nitrogens with zero attached hydrogens (tertiary/aromatic N) is 1. The largest absolute Gasteiger partial charge is 0.494 e. The maximum absolute atomic E-state index is 11.4. The summed E-state index contributed by atoms with van der Waals surface area (Å²) in [6.07, 6.45) is 1.04. The van der Waals surface area contributed by atoms with Gasteiger partial charge in [0.2, 0.25) is 5.88 Å². The van der Waals surface area contributed by atoms with E-state index in [9.17, 15) is 14.7 Å². The number of anilines is 1. The van der Waals surface area contributed by atoms with Gasteiger partial charge in [-0.25, -0.2) is 4.79 Å². The molecule has 0 fully saturated rings. The summed E-state index contributed by atoms with van der Waals surface area (Å²) in [6.45, 7) is 0. The number of aromatic amines is 2. The molecule has 20 heavy (non-hydrogen) atoms. The van der Waals surface area contributed by atoms with Crippen molar-refractivity contribution in [3.63, 3.8) is 0 Å². The summed E-state index contributed by atoms with van der Waals surface area (Å²) < 4.78 is 0. The third-order valence-corrected chi connectivity index (χ3v) is 2.83. The SMILES string of the molecule is O=c1[nH]c(O)c(/C=N\Nc2cc(Cl)ccc2Cl)c(=O)[nH]1. The first-order chi connectivity index (χ1) is 9.47. The Kier molecular flexibility index (Phi) is 4.11. The molecule has 104 valence electrons. The predicted octanol–water partition coefficient (Wildman–Crippen LogP) is 1.52. The van der Waals surface area contributed by atoms with Crippen molar-refractivity contribution in [3.8, 4) is 5.88 Å². The predicted molar refractivity (Wildman–Crippen MR) is 77.0 cm³/mol. The van der Waals surface area contributed by atoms with Crippen LogP contribution in [0.25, 0.3) is 0 Å². The zero-order valence-corrected chi connectivity index (χ0v) is 11.3. The topological polar surface area (TPSA) is 110 Å². The van der Waals surface area contributed by atoms with E-state index in [0.29, 0.717) is 15.7 Å². The van der Waals surface area contributed by atoms with Gasteiger partial charge in [0.05, 0.1) is 16.9 Å². The quantitative estimate of drug-likeness (QED) is 0.508. The molecule has 0 unspecified atom stereocenters. The van der Waals surface area contributed by atoms with Crippen molar-refractivity contribution in [3.05, 3.63) is 54.6 Å². The number of H-pyrrole nitrogens is 2. The van der Waals surface area contributed by atoms with Gasteiger partial charge in [-0.2, -0.15) is 5.10 Å². The molecule has 2 aromatic rings. The summed E-state index contributed by atoms with van der Waals surface area (Å²) in [7, 11) is 0. The number of rotatable bonds is 3. The maximum Gasteiger partial charge on any atom is 0.328 e. The van der Waals surface area contributed by atoms with Gasteiger partial charge in [0.15, 0.2) is 0 Å². The second kappa shape index (κ2) is 5.81. The fourth-order valence-electron chi connectivity index (χ4n) is 1.35. The van der Waals surface area contributed by atoms with Crippen molar-refractivity contribution in [2.45, 2.75) is 0 Å². The summed E-state index contributed by atoms with van der Waals surface area (Å²) in [5, 5.41) is 14.0. The van der Waals surface area contributed by atoms with Crippen LogP contribution in [0.2, 0.25) is 10.0 Å². The second-order valence-corrected chi connectivity index (χ2v) is 4.51. The van der Waals surface area contributed by atoms with E-state index in [0.717, 1.165) is 6.21 Å². The Morgan fingerprint density at radius 3 is 2.70 bits per heavy atom. The van der Waals surface area contributed by atoms with Gasteiger partial charge in [-0.15, -0.1) is 0 Å². The Bertz CT molecular complexity index is 782. The van der Waals surface area contributed by atoms with Crippen LogP contribution in [0.3, 0.4) is 0 Å². The molecule has 0 aliphatic rings. The summed E-state index contributed by atoms with van der Waals surface area (Å²) >= 11 is 11.7. The number of nitrogens with one attached hydrogen (secondary N) is 3. The highest BCUT2D eigenvalue weighted by molar-refractivity contribution is 6.35. The Balaban J connectivity index is 2.25. The van der Waals surface area contributed by atoms with Gasteiger partial charge in [0.25, 0.3) is 5.56 Å². The van der Waals surface area contributed by atoms with Crippen molar-refractivity contribution in [1.29, 1.82) is 0 Å². The van der Waals surface area contributed by atoms with Crippen molar-refractivity contribution in [1.82, 2.24) is 9.97 Å². The van der Waals surface area contributed by atoms with Crippen molar-refractivity contribution >= 4 is 35.1 Å². The molecule has 0 aliphatic heterocycles. The molecule has 1 heterocycles. The highest BCUT2D eigenvalue weighted by Gasteiger charge is 2.05. The minimum Gasteiger partial charge on any atom is -0.494 e. The lowest BCUT2D eigenvalue weighted by Crippen LogP contribution is -2.25. The minimum atomic E-state index is -0.810. The molecule has 4 N–H and O–H groups in total. The maximum atomic E-state index is 11.4. The molecular weight excluding hydrogens is 307 g/mol. The highest BCUT2D eigenvalue weighted by Crippen LogP contribution is 2.25. The number of hydrazone groups is 1. The van der Waals surface area contributed by atoms with E-state index in [-0.39, 0.29) is 5.56 Å². The van der Waals surface area contributed by atoms with Gasteiger partial charge in [-0.05, 0) is 18.2 Å².